The fourth-order valence-corrected chi connectivity index (χ4v) is 7.75. The summed E-state index contributed by atoms with van der Waals surface area (Å²) in [6.45, 7) is -5.45. The minimum atomic E-state index is -4.51. The maximum absolute atomic E-state index is 13.3. The Morgan fingerprint density at radius 1 is 0.933 bits per heavy atom. The van der Waals surface area contributed by atoms with Gasteiger partial charge < -0.3 is 61.7 Å². The monoisotopic (exact) mass is 684 g/mol. The molecule has 7 rings (SSSR count). The van der Waals surface area contributed by atoms with Gasteiger partial charge in [0, 0.05) is 0 Å². The van der Waals surface area contributed by atoms with Crippen LogP contribution in [0.15, 0.2) is 23.8 Å². The van der Waals surface area contributed by atoms with E-state index in [2.05, 4.69) is 29.9 Å². The number of aliphatic hydroxyl groups is 2. The van der Waals surface area contributed by atoms with E-state index in [9.17, 15) is 24.5 Å². The third-order valence-corrected chi connectivity index (χ3v) is 9.96. The summed E-state index contributed by atoms with van der Waals surface area (Å²) >= 11 is 5.24. The molecule has 25 heteroatoms. The van der Waals surface area contributed by atoms with E-state index in [-0.39, 0.29) is 34.1 Å². The lowest BCUT2D eigenvalue weighted by Gasteiger charge is -2.33. The Morgan fingerprint density at radius 2 is 1.62 bits per heavy atom. The Hall–Kier alpha value is -2.92. The number of hydrogen-bond donors (Lipinski definition) is 6. The van der Waals surface area contributed by atoms with Crippen LogP contribution in [0, 0.1) is 0 Å². The molecule has 21 nitrogen and oxygen atoms in total. The molecule has 4 unspecified atom stereocenters. The standard InChI is InChI=1S/C20H23BN10O11P2S/c21-43(35)37-1-6-10(32)13(19(39-6)31-5-27-9-16(31)28-20(23)29-17(9)34)42-44(36,45)38-2-7-12(41-43)11(33)18(40-7)30-4-26-8-14(22)24-3-25-15(8)30/h3-7,10-13,18-19,32-33H,1-2H2,(H,36,45)(H2,22,24,25)(H3,23,28,29,34)/q-1/t6-,7-,10+,11+,12?,13?,18-,19-,43?,44?/m1/s1. The zero-order chi connectivity index (χ0) is 31.8. The molecule has 0 aliphatic carbocycles. The van der Waals surface area contributed by atoms with E-state index in [1.165, 1.54) is 28.1 Å². The van der Waals surface area contributed by atoms with Gasteiger partial charge in [-0.1, -0.05) is 0 Å². The summed E-state index contributed by atoms with van der Waals surface area (Å²) in [5.74, 6) is -0.145. The first-order valence-electron chi connectivity index (χ1n) is 13.0. The first kappa shape index (κ1) is 30.7. The highest BCUT2D eigenvalue weighted by Gasteiger charge is 2.51. The first-order valence-corrected chi connectivity index (χ1v) is 17.2. The Labute approximate surface area is 256 Å². The molecule has 0 saturated carbocycles. The minimum absolute atomic E-state index is 0.0361. The third kappa shape index (κ3) is 5.47. The molecule has 10 atom stereocenters. The van der Waals surface area contributed by atoms with Crippen LogP contribution >= 0.6 is 14.2 Å². The zero-order valence-corrected chi connectivity index (χ0v) is 25.1. The quantitative estimate of drug-likeness (QED) is 0.0978. The normalized spacial score (nSPS) is 37.7. The van der Waals surface area contributed by atoms with Gasteiger partial charge in [0.25, 0.3) is 5.56 Å². The summed E-state index contributed by atoms with van der Waals surface area (Å²) in [6, 6.07) is 0. The SMILES string of the molecule is [B-]P1(=O)OC[C@H]2O[C@@H](n3cnc4c(=O)[nH]c(N)nc43)C(OP(O)(=S)OC[C@H]3O[C@@H](n4cnc5c(N)ncnc54)[C@@H](O)C3O1)[C@H]2O. The fraction of sp³-hybridized carbons (Fsp3) is 0.500. The molecule has 7 heterocycles. The van der Waals surface area contributed by atoms with Crippen molar-refractivity contribution >= 4 is 67.7 Å². The van der Waals surface area contributed by atoms with Crippen LogP contribution in [0.1, 0.15) is 12.5 Å². The molecule has 3 radical (unpaired) electrons. The summed E-state index contributed by atoms with van der Waals surface area (Å²) in [5, 5.41) is 22.4. The van der Waals surface area contributed by atoms with E-state index in [1.54, 1.807) is 0 Å². The largest absolute Gasteiger partial charge is 0.444 e. The molecule has 3 fully saturated rings. The topological polar surface area (TPSA) is 292 Å². The van der Waals surface area contributed by atoms with E-state index in [0.29, 0.717) is 0 Å². The van der Waals surface area contributed by atoms with Gasteiger partial charge in [0.05, 0.1) is 33.3 Å². The number of rotatable bonds is 2. The van der Waals surface area contributed by atoms with Crippen LogP contribution in [0.3, 0.4) is 0 Å². The lowest BCUT2D eigenvalue weighted by atomic mass is 10.1. The highest BCUT2D eigenvalue weighted by atomic mass is 32.5. The van der Waals surface area contributed by atoms with E-state index in [1.807, 2.05) is 0 Å². The molecule has 3 aliphatic rings. The Bertz CT molecular complexity index is 1950. The van der Waals surface area contributed by atoms with Crippen LogP contribution in [-0.2, 0) is 43.9 Å². The molecule has 8 N–H and O–H groups in total. The van der Waals surface area contributed by atoms with Crippen LogP contribution in [0.5, 0.6) is 0 Å². The number of aliphatic hydroxyl groups excluding tert-OH is 2. The second-order valence-electron chi connectivity index (χ2n) is 10.2. The number of nitrogens with two attached hydrogens (primary N) is 2. The maximum atomic E-state index is 13.3. The number of fused-ring (bicyclic) bond motifs is 5. The summed E-state index contributed by atoms with van der Waals surface area (Å²) in [5.41, 5.74) is 11.2. The van der Waals surface area contributed by atoms with Crippen LogP contribution < -0.4 is 17.0 Å². The van der Waals surface area contributed by atoms with Crippen LogP contribution in [-0.4, -0.2) is 112 Å². The molecular weight excluding hydrogens is 661 g/mol. The van der Waals surface area contributed by atoms with E-state index in [0.717, 1.165) is 0 Å². The average Bonchev–Trinajstić information content (AvgIpc) is 3.72. The minimum Gasteiger partial charge on any atom is -0.444 e. The summed E-state index contributed by atoms with van der Waals surface area (Å²) in [7, 11) is 1.38. The fourth-order valence-electron chi connectivity index (χ4n) is 5.32. The lowest BCUT2D eigenvalue weighted by Crippen LogP contribution is -2.36. The van der Waals surface area contributed by atoms with Crippen molar-refractivity contribution in [2.45, 2.75) is 49.1 Å². The molecule has 3 aliphatic heterocycles. The number of nitrogen functional groups attached to an aromatic ring is 2. The Morgan fingerprint density at radius 3 is 2.40 bits per heavy atom. The number of nitrogens with one attached hydrogen (secondary N) is 1. The van der Waals surface area contributed by atoms with Gasteiger partial charge in [0.2, 0.25) is 5.95 Å². The van der Waals surface area contributed by atoms with E-state index in [4.69, 9.17) is 58.4 Å². The van der Waals surface area contributed by atoms with Crippen molar-refractivity contribution in [1.82, 2.24) is 39.0 Å². The third-order valence-electron chi connectivity index (χ3n) is 7.35. The number of anilines is 2. The summed E-state index contributed by atoms with van der Waals surface area (Å²) in [4.78, 5) is 46.0. The van der Waals surface area contributed by atoms with E-state index < -0.39 is 82.0 Å². The second-order valence-corrected chi connectivity index (χ2v) is 14.5. The number of nitrogens with zero attached hydrogens (tertiary/aromatic N) is 7. The maximum Gasteiger partial charge on any atom is 0.325 e. The number of H-pyrrole nitrogens is 1. The Balaban J connectivity index is 1.21. The van der Waals surface area contributed by atoms with Crippen molar-refractivity contribution in [3.05, 3.63) is 29.3 Å². The number of aromatic nitrogens is 8. The number of aromatic amines is 1. The average molecular weight is 684 g/mol. The summed E-state index contributed by atoms with van der Waals surface area (Å²) < 4.78 is 50.0. The van der Waals surface area contributed by atoms with Gasteiger partial charge in [-0.2, -0.15) is 4.98 Å². The van der Waals surface area contributed by atoms with Crippen molar-refractivity contribution in [1.29, 1.82) is 0 Å². The molecule has 2 bridgehead atoms. The Kier molecular flexibility index (Phi) is 7.59. The molecule has 45 heavy (non-hydrogen) atoms. The second kappa shape index (κ2) is 11.1. The molecular formula is C20H23BN10O11P2S-. The van der Waals surface area contributed by atoms with Gasteiger partial charge >= 0.3 is 6.72 Å². The van der Waals surface area contributed by atoms with E-state index >= 15 is 0 Å². The van der Waals surface area contributed by atoms with Crippen LogP contribution in [0.2, 0.25) is 0 Å². The van der Waals surface area contributed by atoms with Crippen molar-refractivity contribution in [2.24, 2.45) is 0 Å². The van der Waals surface area contributed by atoms with Gasteiger partial charge in [0.15, 0.2) is 35.1 Å². The first-order chi connectivity index (χ1) is 21.3. The van der Waals surface area contributed by atoms with Crippen LogP contribution in [0.25, 0.3) is 22.3 Å². The van der Waals surface area contributed by atoms with Gasteiger partial charge in [-0.25, -0.2) is 19.9 Å². The summed E-state index contributed by atoms with van der Waals surface area (Å²) in [6.07, 6.45) is -7.51. The highest BCUT2D eigenvalue weighted by molar-refractivity contribution is 8.07. The molecule has 0 amide bonds. The molecule has 3 saturated heterocycles. The number of hydrogen-bond acceptors (Lipinski definition) is 18. The zero-order valence-electron chi connectivity index (χ0n) is 22.5. The highest BCUT2D eigenvalue weighted by Crippen LogP contribution is 2.53. The lowest BCUT2D eigenvalue weighted by molar-refractivity contribution is -0.0595. The van der Waals surface area contributed by atoms with Crippen molar-refractivity contribution in [3.63, 3.8) is 0 Å². The predicted molar refractivity (Wildman–Crippen MR) is 154 cm³/mol. The van der Waals surface area contributed by atoms with Crippen molar-refractivity contribution in [3.8, 4) is 0 Å². The molecule has 4 aromatic rings. The predicted octanol–water partition coefficient (Wildman–Crippen LogP) is -2.05. The van der Waals surface area contributed by atoms with Crippen LogP contribution in [0.4, 0.5) is 11.8 Å². The molecule has 0 aromatic carbocycles. The van der Waals surface area contributed by atoms with Gasteiger partial charge in [-0.05, 0) is 11.8 Å². The van der Waals surface area contributed by atoms with Gasteiger partial charge in [0.1, 0.15) is 48.5 Å². The van der Waals surface area contributed by atoms with Gasteiger partial charge in [-0.15, -0.1) is 0 Å². The number of imidazole rings is 2. The van der Waals surface area contributed by atoms with Gasteiger partial charge in [-0.3, -0.25) is 23.4 Å². The molecule has 4 aromatic heterocycles. The van der Waals surface area contributed by atoms with Crippen molar-refractivity contribution < 1.29 is 47.2 Å². The van der Waals surface area contributed by atoms with Crippen molar-refractivity contribution in [2.75, 3.05) is 24.7 Å². The number of ether oxygens (including phenoxy) is 2. The molecule has 239 valence electrons. The smallest absolute Gasteiger partial charge is 0.325 e. The molecule has 0 spiro atoms.